The van der Waals surface area contributed by atoms with Crippen LogP contribution in [0.3, 0.4) is 0 Å². The highest BCUT2D eigenvalue weighted by molar-refractivity contribution is 7.10. The number of methoxy groups -OCH3 is 1. The normalized spacial score (nSPS) is 17.2. The molecule has 5 nitrogen and oxygen atoms in total. The van der Waals surface area contributed by atoms with Gasteiger partial charge in [-0.3, -0.25) is 9.69 Å². The molecule has 1 aromatic carbocycles. The van der Waals surface area contributed by atoms with E-state index in [0.29, 0.717) is 12.1 Å². The van der Waals surface area contributed by atoms with Crippen LogP contribution in [0.1, 0.15) is 21.3 Å². The predicted octanol–water partition coefficient (Wildman–Crippen LogP) is 2.48. The van der Waals surface area contributed by atoms with Crippen LogP contribution in [0.15, 0.2) is 41.8 Å². The molecule has 1 aliphatic rings. The molecule has 0 aliphatic carbocycles. The number of thiophene rings is 1. The van der Waals surface area contributed by atoms with Crippen molar-refractivity contribution in [3.63, 3.8) is 0 Å². The first-order chi connectivity index (χ1) is 12.2. The molecular formula is C19H25N3O2S. The average molecular weight is 359 g/mol. The van der Waals surface area contributed by atoms with E-state index in [1.165, 1.54) is 4.88 Å². The lowest BCUT2D eigenvalue weighted by atomic mass is 10.1. The molecule has 2 heterocycles. The zero-order chi connectivity index (χ0) is 17.6. The van der Waals surface area contributed by atoms with E-state index in [-0.39, 0.29) is 11.9 Å². The molecule has 1 N–H and O–H groups in total. The van der Waals surface area contributed by atoms with Crippen molar-refractivity contribution in [3.8, 4) is 5.75 Å². The number of hydrogen-bond donors (Lipinski definition) is 1. The Hall–Kier alpha value is -1.89. The van der Waals surface area contributed by atoms with Crippen LogP contribution < -0.4 is 10.1 Å². The van der Waals surface area contributed by atoms with Crippen LogP contribution in [0.4, 0.5) is 0 Å². The maximum Gasteiger partial charge on any atom is 0.251 e. The average Bonchev–Trinajstić information content (AvgIpc) is 3.17. The molecule has 6 heteroatoms. The second kappa shape index (κ2) is 8.47. The minimum atomic E-state index is -0.0432. The summed E-state index contributed by atoms with van der Waals surface area (Å²) in [5.41, 5.74) is 0.657. The molecule has 0 spiro atoms. The number of carbonyl (C=O) groups excluding carboxylic acids is 1. The number of nitrogens with zero attached hydrogens (tertiary/aromatic N) is 2. The van der Waals surface area contributed by atoms with Gasteiger partial charge in [0.15, 0.2) is 0 Å². The highest BCUT2D eigenvalue weighted by Crippen LogP contribution is 2.25. The van der Waals surface area contributed by atoms with Crippen molar-refractivity contribution in [3.05, 3.63) is 52.2 Å². The maximum atomic E-state index is 12.5. The Kier molecular flexibility index (Phi) is 6.07. The predicted molar refractivity (Wildman–Crippen MR) is 101 cm³/mol. The summed E-state index contributed by atoms with van der Waals surface area (Å²) in [7, 11) is 3.78. The van der Waals surface area contributed by atoms with Crippen LogP contribution in [0, 0.1) is 0 Å². The van der Waals surface area contributed by atoms with Crippen molar-refractivity contribution in [1.29, 1.82) is 0 Å². The van der Waals surface area contributed by atoms with E-state index in [4.69, 9.17) is 4.74 Å². The van der Waals surface area contributed by atoms with Crippen molar-refractivity contribution in [2.75, 3.05) is 46.9 Å². The highest BCUT2D eigenvalue weighted by Gasteiger charge is 2.25. The summed E-state index contributed by atoms with van der Waals surface area (Å²) >= 11 is 1.75. The third-order valence-corrected chi connectivity index (χ3v) is 5.63. The second-order valence-electron chi connectivity index (χ2n) is 6.31. The molecule has 3 rings (SSSR count). The summed E-state index contributed by atoms with van der Waals surface area (Å²) in [6.07, 6.45) is 0. The molecule has 1 aliphatic heterocycles. The molecule has 1 fully saturated rings. The van der Waals surface area contributed by atoms with E-state index in [1.807, 2.05) is 12.1 Å². The number of likely N-dealkylation sites (N-methyl/N-ethyl adjacent to an activating group) is 1. The Labute approximate surface area is 153 Å². The Bertz CT molecular complexity index is 664. The first kappa shape index (κ1) is 17.9. The van der Waals surface area contributed by atoms with Gasteiger partial charge in [0, 0.05) is 43.2 Å². The van der Waals surface area contributed by atoms with Crippen molar-refractivity contribution in [2.45, 2.75) is 6.04 Å². The summed E-state index contributed by atoms with van der Waals surface area (Å²) < 4.78 is 5.14. The molecule has 2 aromatic rings. The number of piperazine rings is 1. The van der Waals surface area contributed by atoms with E-state index >= 15 is 0 Å². The van der Waals surface area contributed by atoms with Gasteiger partial charge in [-0.05, 0) is 42.8 Å². The molecule has 0 saturated carbocycles. The number of ether oxygens (including phenoxy) is 1. The number of hydrogen-bond acceptors (Lipinski definition) is 5. The molecule has 0 radical (unpaired) electrons. The lowest BCUT2D eigenvalue weighted by Gasteiger charge is -2.37. The quantitative estimate of drug-likeness (QED) is 0.861. The molecular weight excluding hydrogens is 334 g/mol. The van der Waals surface area contributed by atoms with Gasteiger partial charge in [0.05, 0.1) is 13.2 Å². The minimum Gasteiger partial charge on any atom is -0.497 e. The summed E-state index contributed by atoms with van der Waals surface area (Å²) in [6, 6.07) is 11.7. The van der Waals surface area contributed by atoms with Crippen LogP contribution in [0.5, 0.6) is 5.75 Å². The van der Waals surface area contributed by atoms with Crippen LogP contribution in [0.25, 0.3) is 0 Å². The summed E-state index contributed by atoms with van der Waals surface area (Å²) in [5, 5.41) is 5.21. The van der Waals surface area contributed by atoms with Crippen LogP contribution in [-0.2, 0) is 0 Å². The van der Waals surface area contributed by atoms with Gasteiger partial charge in [0.1, 0.15) is 5.75 Å². The summed E-state index contributed by atoms with van der Waals surface area (Å²) in [6.45, 7) is 4.80. The molecule has 1 amide bonds. The fourth-order valence-electron chi connectivity index (χ4n) is 3.06. The van der Waals surface area contributed by atoms with Crippen molar-refractivity contribution < 1.29 is 9.53 Å². The third kappa shape index (κ3) is 4.60. The number of benzene rings is 1. The lowest BCUT2D eigenvalue weighted by molar-refractivity contribution is 0.0890. The van der Waals surface area contributed by atoms with Gasteiger partial charge >= 0.3 is 0 Å². The van der Waals surface area contributed by atoms with Gasteiger partial charge in [0.2, 0.25) is 0 Å². The van der Waals surface area contributed by atoms with Crippen LogP contribution >= 0.6 is 11.3 Å². The highest BCUT2D eigenvalue weighted by atomic mass is 32.1. The van der Waals surface area contributed by atoms with E-state index in [1.54, 1.807) is 30.6 Å². The standard InChI is InChI=1S/C19H25N3O2S/c1-21-9-11-22(12-10-21)17(18-4-3-13-25-18)14-20-19(23)15-5-7-16(24-2)8-6-15/h3-8,13,17H,9-12,14H2,1-2H3,(H,20,23). The number of nitrogens with one attached hydrogen (secondary N) is 1. The first-order valence-electron chi connectivity index (χ1n) is 8.55. The van der Waals surface area contributed by atoms with E-state index in [9.17, 15) is 4.79 Å². The van der Waals surface area contributed by atoms with E-state index < -0.39 is 0 Å². The SMILES string of the molecule is COc1ccc(C(=O)NCC(c2cccs2)N2CCN(C)CC2)cc1. The van der Waals surface area contributed by atoms with Crippen LogP contribution in [0.2, 0.25) is 0 Å². The Balaban J connectivity index is 1.64. The number of rotatable bonds is 6. The van der Waals surface area contributed by atoms with Crippen LogP contribution in [-0.4, -0.2) is 62.6 Å². The van der Waals surface area contributed by atoms with Crippen molar-refractivity contribution >= 4 is 17.2 Å². The molecule has 1 saturated heterocycles. The molecule has 25 heavy (non-hydrogen) atoms. The molecule has 0 bridgehead atoms. The third-order valence-electron chi connectivity index (χ3n) is 4.66. The van der Waals surface area contributed by atoms with Gasteiger partial charge in [-0.2, -0.15) is 0 Å². The smallest absolute Gasteiger partial charge is 0.251 e. The van der Waals surface area contributed by atoms with Gasteiger partial charge in [-0.1, -0.05) is 6.07 Å². The summed E-state index contributed by atoms with van der Waals surface area (Å²) in [5.74, 6) is 0.712. The fraction of sp³-hybridized carbons (Fsp3) is 0.421. The van der Waals surface area contributed by atoms with E-state index in [2.05, 4.69) is 39.7 Å². The molecule has 1 atom stereocenters. The topological polar surface area (TPSA) is 44.8 Å². The summed E-state index contributed by atoms with van der Waals surface area (Å²) in [4.78, 5) is 18.6. The van der Waals surface area contributed by atoms with Crippen molar-refractivity contribution in [1.82, 2.24) is 15.1 Å². The molecule has 1 unspecified atom stereocenters. The molecule has 134 valence electrons. The Morgan fingerprint density at radius 3 is 2.52 bits per heavy atom. The lowest BCUT2D eigenvalue weighted by Crippen LogP contribution is -2.48. The van der Waals surface area contributed by atoms with Gasteiger partial charge in [-0.25, -0.2) is 0 Å². The number of amides is 1. The Morgan fingerprint density at radius 2 is 1.92 bits per heavy atom. The van der Waals surface area contributed by atoms with Gasteiger partial charge < -0.3 is 15.0 Å². The zero-order valence-electron chi connectivity index (χ0n) is 14.8. The first-order valence-corrected chi connectivity index (χ1v) is 9.43. The number of carbonyl (C=O) groups is 1. The zero-order valence-corrected chi connectivity index (χ0v) is 15.6. The van der Waals surface area contributed by atoms with E-state index in [0.717, 1.165) is 31.9 Å². The van der Waals surface area contributed by atoms with Crippen molar-refractivity contribution in [2.24, 2.45) is 0 Å². The largest absolute Gasteiger partial charge is 0.497 e. The molecule has 1 aromatic heterocycles. The van der Waals surface area contributed by atoms with Gasteiger partial charge in [0.25, 0.3) is 5.91 Å². The van der Waals surface area contributed by atoms with Gasteiger partial charge in [-0.15, -0.1) is 11.3 Å². The fourth-order valence-corrected chi connectivity index (χ4v) is 3.92. The maximum absolute atomic E-state index is 12.5. The second-order valence-corrected chi connectivity index (χ2v) is 7.29. The Morgan fingerprint density at radius 1 is 1.20 bits per heavy atom. The monoisotopic (exact) mass is 359 g/mol. The minimum absolute atomic E-state index is 0.0432.